The fourth-order valence-corrected chi connectivity index (χ4v) is 5.66. The number of carbonyl (C=O) groups is 2. The van der Waals surface area contributed by atoms with E-state index in [1.165, 1.54) is 19.3 Å². The minimum atomic E-state index is -0.658. The summed E-state index contributed by atoms with van der Waals surface area (Å²) in [7, 11) is 0. The molecule has 5 N–H and O–H groups in total. The first-order valence-electron chi connectivity index (χ1n) is 12.2. The Morgan fingerprint density at radius 2 is 1.75 bits per heavy atom. The average Bonchev–Trinajstić information content (AvgIpc) is 2.80. The third-order valence-corrected chi connectivity index (χ3v) is 7.67. The highest BCUT2D eigenvalue weighted by atomic mass is 16.2. The number of carbonyl (C=O) groups excluding carboxylic acids is 2. The maximum absolute atomic E-state index is 13.2. The Bertz CT molecular complexity index is 793. The van der Waals surface area contributed by atoms with Gasteiger partial charge < -0.3 is 21.7 Å². The molecule has 8 nitrogen and oxygen atoms in total. The van der Waals surface area contributed by atoms with Gasteiger partial charge in [0.1, 0.15) is 11.4 Å². The van der Waals surface area contributed by atoms with Crippen molar-refractivity contribution in [2.75, 3.05) is 31.9 Å². The molecule has 0 atom stereocenters. The van der Waals surface area contributed by atoms with Crippen LogP contribution in [0.2, 0.25) is 0 Å². The van der Waals surface area contributed by atoms with Crippen molar-refractivity contribution in [3.05, 3.63) is 23.9 Å². The summed E-state index contributed by atoms with van der Waals surface area (Å²) in [6.07, 6.45) is 10.7. The predicted octanol–water partition coefficient (Wildman–Crippen LogP) is 1.64. The Morgan fingerprint density at radius 3 is 2.38 bits per heavy atom. The molecule has 1 saturated carbocycles. The molecule has 2 amide bonds. The van der Waals surface area contributed by atoms with Gasteiger partial charge in [-0.3, -0.25) is 14.5 Å². The first-order valence-corrected chi connectivity index (χ1v) is 12.2. The number of amides is 2. The van der Waals surface area contributed by atoms with Crippen molar-refractivity contribution in [3.63, 3.8) is 0 Å². The van der Waals surface area contributed by atoms with Gasteiger partial charge in [-0.1, -0.05) is 19.3 Å². The second-order valence-electron chi connectivity index (χ2n) is 9.89. The zero-order chi connectivity index (χ0) is 22.6. The molecule has 1 aliphatic carbocycles. The summed E-state index contributed by atoms with van der Waals surface area (Å²) in [5.74, 6) is 0.595. The third kappa shape index (κ3) is 5.41. The molecule has 0 radical (unpaired) electrons. The highest BCUT2D eigenvalue weighted by Crippen LogP contribution is 2.29. The van der Waals surface area contributed by atoms with Gasteiger partial charge >= 0.3 is 0 Å². The van der Waals surface area contributed by atoms with Gasteiger partial charge in [0.2, 0.25) is 11.8 Å². The number of anilines is 1. The second kappa shape index (κ2) is 10.2. The fraction of sp³-hybridized carbons (Fsp3) is 0.708. The first kappa shape index (κ1) is 23.0. The lowest BCUT2D eigenvalue weighted by atomic mass is 9.83. The Labute approximate surface area is 191 Å². The summed E-state index contributed by atoms with van der Waals surface area (Å²) in [5, 5.41) is 3.61. The van der Waals surface area contributed by atoms with Crippen LogP contribution in [0.25, 0.3) is 0 Å². The number of piperidine rings is 2. The van der Waals surface area contributed by atoms with E-state index in [-0.39, 0.29) is 17.7 Å². The van der Waals surface area contributed by atoms with Gasteiger partial charge in [-0.15, -0.1) is 0 Å². The van der Waals surface area contributed by atoms with Crippen LogP contribution >= 0.6 is 0 Å². The van der Waals surface area contributed by atoms with Gasteiger partial charge in [0.25, 0.3) is 0 Å². The third-order valence-electron chi connectivity index (χ3n) is 7.67. The van der Waals surface area contributed by atoms with Crippen LogP contribution in [0.5, 0.6) is 0 Å². The number of rotatable bonds is 6. The zero-order valence-corrected chi connectivity index (χ0v) is 19.1. The Balaban J connectivity index is 1.26. The van der Waals surface area contributed by atoms with Gasteiger partial charge in [-0.05, 0) is 69.3 Å². The summed E-state index contributed by atoms with van der Waals surface area (Å²) in [6, 6.07) is 4.28. The Morgan fingerprint density at radius 1 is 1.06 bits per heavy atom. The van der Waals surface area contributed by atoms with E-state index in [1.54, 1.807) is 6.20 Å². The van der Waals surface area contributed by atoms with Gasteiger partial charge in [-0.25, -0.2) is 4.98 Å². The SMILES string of the molecule is NC(=O)C1(NC2CCCCC2)CCN(C(=O)C2CCN(Cc3ccnc(N)c3)CC2)CC1. The minimum absolute atomic E-state index is 0.0705. The molecule has 8 heteroatoms. The summed E-state index contributed by atoms with van der Waals surface area (Å²) in [6.45, 7) is 3.86. The lowest BCUT2D eigenvalue weighted by Crippen LogP contribution is -2.64. The van der Waals surface area contributed by atoms with E-state index >= 15 is 0 Å². The molecular weight excluding hydrogens is 404 g/mol. The molecule has 0 unspecified atom stereocenters. The summed E-state index contributed by atoms with van der Waals surface area (Å²) in [5.41, 5.74) is 12.1. The second-order valence-corrected chi connectivity index (χ2v) is 9.89. The number of primary amides is 1. The molecule has 3 fully saturated rings. The molecule has 0 aromatic carbocycles. The molecule has 176 valence electrons. The maximum Gasteiger partial charge on any atom is 0.237 e. The standard InChI is InChI=1S/C24H38N6O2/c25-21-16-18(6-11-27-21)17-29-12-7-19(8-13-29)22(31)30-14-9-24(10-15-30,23(26)32)28-20-4-2-1-3-5-20/h6,11,16,19-20,28H,1-5,7-10,12-15,17H2,(H2,25,27)(H2,26,32). The van der Waals surface area contributed by atoms with E-state index in [0.29, 0.717) is 37.8 Å². The van der Waals surface area contributed by atoms with Crippen molar-refractivity contribution in [1.29, 1.82) is 0 Å². The largest absolute Gasteiger partial charge is 0.384 e. The number of aromatic nitrogens is 1. The van der Waals surface area contributed by atoms with E-state index in [9.17, 15) is 9.59 Å². The average molecular weight is 443 g/mol. The van der Waals surface area contributed by atoms with E-state index in [1.807, 2.05) is 17.0 Å². The smallest absolute Gasteiger partial charge is 0.237 e. The van der Waals surface area contributed by atoms with Gasteiger partial charge in [0.15, 0.2) is 0 Å². The lowest BCUT2D eigenvalue weighted by Gasteiger charge is -2.44. The molecule has 3 heterocycles. The number of hydrogen-bond donors (Lipinski definition) is 3. The number of nitrogen functional groups attached to an aromatic ring is 1. The normalized spacial score (nSPS) is 23.2. The molecule has 2 saturated heterocycles. The van der Waals surface area contributed by atoms with E-state index in [4.69, 9.17) is 11.5 Å². The molecule has 0 spiro atoms. The van der Waals surface area contributed by atoms with Crippen molar-refractivity contribution in [2.24, 2.45) is 11.7 Å². The number of hydrogen-bond acceptors (Lipinski definition) is 6. The Kier molecular flexibility index (Phi) is 7.30. The number of nitrogens with zero attached hydrogens (tertiary/aromatic N) is 3. The monoisotopic (exact) mass is 442 g/mol. The summed E-state index contributed by atoms with van der Waals surface area (Å²) in [4.78, 5) is 33.9. The number of likely N-dealkylation sites (tertiary alicyclic amines) is 2. The summed E-state index contributed by atoms with van der Waals surface area (Å²) < 4.78 is 0. The Hall–Kier alpha value is -2.19. The zero-order valence-electron chi connectivity index (χ0n) is 19.1. The van der Waals surface area contributed by atoms with Crippen molar-refractivity contribution in [2.45, 2.75) is 75.9 Å². The highest BCUT2D eigenvalue weighted by Gasteiger charge is 2.43. The van der Waals surface area contributed by atoms with Gasteiger partial charge in [-0.2, -0.15) is 0 Å². The van der Waals surface area contributed by atoms with Crippen LogP contribution in [-0.4, -0.2) is 64.4 Å². The molecule has 4 rings (SSSR count). The molecule has 2 aliphatic heterocycles. The van der Waals surface area contributed by atoms with Crippen molar-refractivity contribution >= 4 is 17.6 Å². The molecule has 0 bridgehead atoms. The molecular formula is C24H38N6O2. The number of pyridine rings is 1. The van der Waals surface area contributed by atoms with Crippen LogP contribution in [0, 0.1) is 5.92 Å². The van der Waals surface area contributed by atoms with Crippen LogP contribution in [0.1, 0.15) is 63.4 Å². The number of nitrogens with two attached hydrogens (primary N) is 2. The van der Waals surface area contributed by atoms with Crippen molar-refractivity contribution in [3.8, 4) is 0 Å². The molecule has 1 aromatic rings. The molecule has 1 aromatic heterocycles. The number of nitrogens with one attached hydrogen (secondary N) is 1. The van der Waals surface area contributed by atoms with Gasteiger partial charge in [0.05, 0.1) is 0 Å². The van der Waals surface area contributed by atoms with E-state index in [0.717, 1.165) is 50.9 Å². The van der Waals surface area contributed by atoms with Crippen LogP contribution in [0.4, 0.5) is 5.82 Å². The predicted molar refractivity (Wildman–Crippen MR) is 124 cm³/mol. The summed E-state index contributed by atoms with van der Waals surface area (Å²) >= 11 is 0. The topological polar surface area (TPSA) is 118 Å². The highest BCUT2D eigenvalue weighted by molar-refractivity contribution is 5.85. The molecule has 32 heavy (non-hydrogen) atoms. The van der Waals surface area contributed by atoms with Crippen LogP contribution in [-0.2, 0) is 16.1 Å². The maximum atomic E-state index is 13.2. The van der Waals surface area contributed by atoms with Crippen LogP contribution in [0.15, 0.2) is 18.3 Å². The van der Waals surface area contributed by atoms with Crippen LogP contribution < -0.4 is 16.8 Å². The van der Waals surface area contributed by atoms with Gasteiger partial charge in [0, 0.05) is 37.8 Å². The molecule has 3 aliphatic rings. The van der Waals surface area contributed by atoms with E-state index in [2.05, 4.69) is 15.2 Å². The van der Waals surface area contributed by atoms with Crippen molar-refractivity contribution in [1.82, 2.24) is 20.1 Å². The first-order chi connectivity index (χ1) is 15.4. The van der Waals surface area contributed by atoms with Crippen LogP contribution in [0.3, 0.4) is 0 Å². The fourth-order valence-electron chi connectivity index (χ4n) is 5.66. The quantitative estimate of drug-likeness (QED) is 0.617. The van der Waals surface area contributed by atoms with Crippen molar-refractivity contribution < 1.29 is 9.59 Å². The lowest BCUT2D eigenvalue weighted by molar-refractivity contribution is -0.141. The van der Waals surface area contributed by atoms with E-state index < -0.39 is 5.54 Å². The minimum Gasteiger partial charge on any atom is -0.384 e.